The van der Waals surface area contributed by atoms with Crippen LogP contribution in [0.3, 0.4) is 0 Å². The molecule has 0 amide bonds. The summed E-state index contributed by atoms with van der Waals surface area (Å²) in [6.45, 7) is 6.88. The van der Waals surface area contributed by atoms with Crippen LogP contribution in [-0.4, -0.2) is 66.7 Å². The van der Waals surface area contributed by atoms with Gasteiger partial charge in [0.1, 0.15) is 0 Å². The van der Waals surface area contributed by atoms with E-state index in [0.29, 0.717) is 6.42 Å². The monoisotopic (exact) mass is 603 g/mol. The Morgan fingerprint density at radius 2 is 0.632 bits per heavy atom. The van der Waals surface area contributed by atoms with Gasteiger partial charge in [-0.2, -0.15) is 16.8 Å². The SMILES string of the molecule is CCCCCCCCCCCCCC.CCCCCCCCCCCCOS(=O)(=O)O.N.O=S(=O)(O)O.[NaH]. The maximum atomic E-state index is 10.2. The summed E-state index contributed by atoms with van der Waals surface area (Å²) in [6.07, 6.45) is 29.3. The average molecular weight is 604 g/mol. The molecular formula is C26H62NNaO8S2. The molecule has 0 saturated carbocycles. The summed E-state index contributed by atoms with van der Waals surface area (Å²) in [5, 5.41) is 0. The van der Waals surface area contributed by atoms with E-state index in [2.05, 4.69) is 25.0 Å². The Bertz CT molecular complexity index is 601. The molecule has 6 N–H and O–H groups in total. The van der Waals surface area contributed by atoms with Crippen molar-refractivity contribution in [3.05, 3.63) is 0 Å². The van der Waals surface area contributed by atoms with Crippen molar-refractivity contribution in [2.45, 2.75) is 162 Å². The van der Waals surface area contributed by atoms with E-state index < -0.39 is 20.8 Å². The van der Waals surface area contributed by atoms with E-state index in [1.165, 1.54) is 122 Å². The predicted molar refractivity (Wildman–Crippen MR) is 162 cm³/mol. The van der Waals surface area contributed by atoms with Crippen LogP contribution in [-0.2, 0) is 25.0 Å². The van der Waals surface area contributed by atoms with Gasteiger partial charge in [-0.05, 0) is 6.42 Å². The van der Waals surface area contributed by atoms with Crippen LogP contribution in [0.2, 0.25) is 0 Å². The van der Waals surface area contributed by atoms with Crippen LogP contribution in [0.4, 0.5) is 0 Å². The molecule has 232 valence electrons. The molecule has 12 heteroatoms. The second kappa shape index (κ2) is 37.7. The Kier molecular flexibility index (Phi) is 48.0. The first-order valence-corrected chi connectivity index (χ1v) is 17.1. The van der Waals surface area contributed by atoms with Crippen LogP contribution in [0, 0.1) is 0 Å². The van der Waals surface area contributed by atoms with E-state index in [1.807, 2.05) is 0 Å². The van der Waals surface area contributed by atoms with Gasteiger partial charge in [-0.3, -0.25) is 13.7 Å². The molecule has 9 nitrogen and oxygen atoms in total. The van der Waals surface area contributed by atoms with E-state index >= 15 is 0 Å². The van der Waals surface area contributed by atoms with Crippen molar-refractivity contribution in [3.8, 4) is 0 Å². The summed E-state index contributed by atoms with van der Waals surface area (Å²) in [7, 11) is -8.90. The van der Waals surface area contributed by atoms with Gasteiger partial charge in [-0.15, -0.1) is 0 Å². The molecule has 0 aliphatic heterocycles. The molecule has 0 aromatic carbocycles. The predicted octanol–water partition coefficient (Wildman–Crippen LogP) is 8.29. The van der Waals surface area contributed by atoms with Gasteiger partial charge in [0.05, 0.1) is 6.61 Å². The quantitative estimate of drug-likeness (QED) is 0.0508. The molecule has 0 heterocycles. The van der Waals surface area contributed by atoms with E-state index in [4.69, 9.17) is 22.1 Å². The molecule has 0 atom stereocenters. The number of rotatable bonds is 23. The Hall–Kier alpha value is 0.700. The Morgan fingerprint density at radius 1 is 0.447 bits per heavy atom. The second-order valence-electron chi connectivity index (χ2n) is 9.42. The summed E-state index contributed by atoms with van der Waals surface area (Å²) in [4.78, 5) is 0. The zero-order valence-electron chi connectivity index (χ0n) is 24.2. The minimum absolute atomic E-state index is 0. The third kappa shape index (κ3) is 70.8. The van der Waals surface area contributed by atoms with Gasteiger partial charge >= 0.3 is 50.4 Å². The summed E-state index contributed by atoms with van der Waals surface area (Å²) < 4.78 is 64.6. The average Bonchev–Trinajstić information content (AvgIpc) is 2.77. The van der Waals surface area contributed by atoms with E-state index in [-0.39, 0.29) is 42.3 Å². The van der Waals surface area contributed by atoms with Crippen molar-refractivity contribution in [3.63, 3.8) is 0 Å². The fourth-order valence-corrected chi connectivity index (χ4v) is 4.00. The zero-order chi connectivity index (χ0) is 28.0. The molecular weight excluding hydrogens is 541 g/mol. The molecule has 0 aromatic heterocycles. The number of hydrogen-bond donors (Lipinski definition) is 4. The minimum atomic E-state index is -4.67. The van der Waals surface area contributed by atoms with Gasteiger partial charge in [-0.1, -0.05) is 156 Å². The van der Waals surface area contributed by atoms with Crippen molar-refractivity contribution in [2.75, 3.05) is 6.61 Å². The van der Waals surface area contributed by atoms with Crippen LogP contribution >= 0.6 is 0 Å². The van der Waals surface area contributed by atoms with Crippen LogP contribution in [0.5, 0.6) is 0 Å². The van der Waals surface area contributed by atoms with Gasteiger partial charge in [0.15, 0.2) is 0 Å². The standard InChI is InChI=1S/C14H30.C12H26O4S.H3N.Na.H2O4S.H/c1-3-5-7-9-11-13-14-12-10-8-6-4-2;1-2-3-4-5-6-7-8-9-10-11-12-16-17(13,14)15;;;1-5(2,3)4;/h3-14H2,1-2H3;2-12H2,1H3,(H,13,14,15);1H3;;(H2,1,2,3,4);. The fourth-order valence-electron chi connectivity index (χ4n) is 3.67. The summed E-state index contributed by atoms with van der Waals surface area (Å²) in [5.74, 6) is 0. The molecule has 0 spiro atoms. The summed E-state index contributed by atoms with van der Waals surface area (Å²) >= 11 is 0. The third-order valence-electron chi connectivity index (χ3n) is 5.69. The van der Waals surface area contributed by atoms with Crippen molar-refractivity contribution in [1.82, 2.24) is 6.15 Å². The Balaban J connectivity index is -0.000000157. The maximum absolute atomic E-state index is 10.2. The molecule has 0 fully saturated rings. The van der Waals surface area contributed by atoms with Gasteiger partial charge in [0, 0.05) is 0 Å². The Labute approximate surface area is 258 Å². The normalized spacial score (nSPS) is 10.8. The second-order valence-corrected chi connectivity index (χ2v) is 11.4. The zero-order valence-corrected chi connectivity index (χ0v) is 25.8. The third-order valence-corrected chi connectivity index (χ3v) is 6.15. The van der Waals surface area contributed by atoms with Crippen LogP contribution in [0.1, 0.15) is 162 Å². The van der Waals surface area contributed by atoms with Crippen LogP contribution in [0.15, 0.2) is 0 Å². The topological polar surface area (TPSA) is 173 Å². The van der Waals surface area contributed by atoms with Gasteiger partial charge in [-0.25, -0.2) is 4.18 Å². The van der Waals surface area contributed by atoms with E-state index in [1.54, 1.807) is 0 Å². The fraction of sp³-hybridized carbons (Fsp3) is 1.00. The first-order chi connectivity index (χ1) is 17.0. The Morgan fingerprint density at radius 3 is 0.816 bits per heavy atom. The molecule has 0 rings (SSSR count). The van der Waals surface area contributed by atoms with Gasteiger partial charge < -0.3 is 6.15 Å². The first kappa shape index (κ1) is 48.4. The van der Waals surface area contributed by atoms with Crippen molar-refractivity contribution in [1.29, 1.82) is 0 Å². The molecule has 0 saturated heterocycles. The molecule has 0 aliphatic carbocycles. The van der Waals surface area contributed by atoms with Gasteiger partial charge in [0.2, 0.25) is 0 Å². The van der Waals surface area contributed by atoms with Crippen LogP contribution in [0.25, 0.3) is 0 Å². The van der Waals surface area contributed by atoms with E-state index in [0.717, 1.165) is 12.8 Å². The summed E-state index contributed by atoms with van der Waals surface area (Å²) in [6, 6.07) is 0. The molecule has 0 radical (unpaired) electrons. The summed E-state index contributed by atoms with van der Waals surface area (Å²) in [5.41, 5.74) is 0. The van der Waals surface area contributed by atoms with Crippen molar-refractivity contribution < 1.29 is 34.7 Å². The molecule has 38 heavy (non-hydrogen) atoms. The van der Waals surface area contributed by atoms with Crippen molar-refractivity contribution in [2.24, 2.45) is 0 Å². The van der Waals surface area contributed by atoms with Gasteiger partial charge in [0.25, 0.3) is 0 Å². The molecule has 0 unspecified atom stereocenters. The van der Waals surface area contributed by atoms with Crippen molar-refractivity contribution >= 4 is 50.4 Å². The molecule has 0 bridgehead atoms. The first-order valence-electron chi connectivity index (χ1n) is 14.3. The van der Waals surface area contributed by atoms with E-state index in [9.17, 15) is 8.42 Å². The number of unbranched alkanes of at least 4 members (excludes halogenated alkanes) is 20. The van der Waals surface area contributed by atoms with Crippen LogP contribution < -0.4 is 6.15 Å². The molecule has 0 aromatic rings. The molecule has 0 aliphatic rings. The number of hydrogen-bond acceptors (Lipinski definition) is 6.